The Kier molecular flexibility index (Phi) is 9.50. The standard InChI is InChI=1S/C30H37N3O5/c1-19-13-27(36)20(2)12-22(19)10-11-31-29(38)24-7-5-6-21(14-24)16-30(3,4)33-17-28(37)23-8-9-26(35)25(15-23)32-18-34/h5-9,12-15,18,28,33,35-37H,10-11,16-17H2,1-4H3,(H,31,38)(H,32,34)/t28-/m1/s1. The fraction of sp³-hybridized carbons (Fsp3) is 0.333. The zero-order valence-corrected chi connectivity index (χ0v) is 22.3. The molecule has 0 aromatic heterocycles. The summed E-state index contributed by atoms with van der Waals surface area (Å²) < 4.78 is 0. The summed E-state index contributed by atoms with van der Waals surface area (Å²) in [5, 5.41) is 39.0. The average Bonchev–Trinajstić information content (AvgIpc) is 2.87. The molecule has 2 amide bonds. The number of β-amino-alcohol motifs (C(OH)–C–C–N with tert-alkyl or cyclic N) is 1. The van der Waals surface area contributed by atoms with Crippen molar-refractivity contribution in [3.63, 3.8) is 0 Å². The lowest BCUT2D eigenvalue weighted by atomic mass is 9.93. The number of amides is 2. The molecule has 0 fully saturated rings. The second-order valence-electron chi connectivity index (χ2n) is 10.3. The van der Waals surface area contributed by atoms with Gasteiger partial charge in [0.2, 0.25) is 6.41 Å². The number of aromatic hydroxyl groups is 2. The number of aliphatic hydroxyl groups is 1. The maximum Gasteiger partial charge on any atom is 0.251 e. The van der Waals surface area contributed by atoms with E-state index in [4.69, 9.17) is 0 Å². The Morgan fingerprint density at radius 3 is 2.50 bits per heavy atom. The molecule has 0 aliphatic carbocycles. The normalized spacial score (nSPS) is 12.1. The molecule has 38 heavy (non-hydrogen) atoms. The SMILES string of the molecule is Cc1cc(CCNC(=O)c2cccc(CC(C)(C)NC[C@@H](O)c3ccc(O)c(NC=O)c3)c2)c(C)cc1O. The molecule has 0 saturated carbocycles. The highest BCUT2D eigenvalue weighted by Crippen LogP contribution is 2.27. The molecule has 8 heteroatoms. The number of hydrogen-bond acceptors (Lipinski definition) is 6. The van der Waals surface area contributed by atoms with E-state index in [1.54, 1.807) is 18.2 Å². The molecule has 6 N–H and O–H groups in total. The van der Waals surface area contributed by atoms with Crippen molar-refractivity contribution in [1.82, 2.24) is 10.6 Å². The molecule has 0 unspecified atom stereocenters. The van der Waals surface area contributed by atoms with Crippen LogP contribution in [0.1, 0.15) is 58.1 Å². The molecule has 3 aromatic carbocycles. The second-order valence-corrected chi connectivity index (χ2v) is 10.3. The van der Waals surface area contributed by atoms with Crippen molar-refractivity contribution in [1.29, 1.82) is 0 Å². The molecule has 0 heterocycles. The Hall–Kier alpha value is -3.88. The van der Waals surface area contributed by atoms with Crippen molar-refractivity contribution < 1.29 is 24.9 Å². The van der Waals surface area contributed by atoms with Crippen LogP contribution >= 0.6 is 0 Å². The van der Waals surface area contributed by atoms with E-state index in [0.29, 0.717) is 36.9 Å². The highest BCUT2D eigenvalue weighted by Gasteiger charge is 2.21. The highest BCUT2D eigenvalue weighted by molar-refractivity contribution is 5.94. The van der Waals surface area contributed by atoms with Crippen LogP contribution in [-0.4, -0.2) is 46.3 Å². The van der Waals surface area contributed by atoms with Crippen LogP contribution in [0.4, 0.5) is 5.69 Å². The number of aliphatic hydroxyl groups excluding tert-OH is 1. The number of rotatable bonds is 12. The first kappa shape index (κ1) is 28.7. The summed E-state index contributed by atoms with van der Waals surface area (Å²) in [5.74, 6) is 0.0597. The van der Waals surface area contributed by atoms with E-state index in [9.17, 15) is 24.9 Å². The van der Waals surface area contributed by atoms with Gasteiger partial charge in [-0.25, -0.2) is 0 Å². The Morgan fingerprint density at radius 1 is 1.00 bits per heavy atom. The van der Waals surface area contributed by atoms with Crippen molar-refractivity contribution in [3.8, 4) is 11.5 Å². The monoisotopic (exact) mass is 519 g/mol. The lowest BCUT2D eigenvalue weighted by Crippen LogP contribution is -2.43. The molecule has 1 atom stereocenters. The van der Waals surface area contributed by atoms with Gasteiger partial charge < -0.3 is 31.3 Å². The van der Waals surface area contributed by atoms with E-state index in [1.165, 1.54) is 12.1 Å². The molecule has 8 nitrogen and oxygen atoms in total. The summed E-state index contributed by atoms with van der Waals surface area (Å²) in [6.07, 6.45) is 0.921. The summed E-state index contributed by atoms with van der Waals surface area (Å²) in [5.41, 5.74) is 4.88. The summed E-state index contributed by atoms with van der Waals surface area (Å²) in [4.78, 5) is 23.5. The molecule has 0 bridgehead atoms. The summed E-state index contributed by atoms with van der Waals surface area (Å²) in [6, 6.07) is 15.8. The third-order valence-electron chi connectivity index (χ3n) is 6.56. The number of carbonyl (C=O) groups excluding carboxylic acids is 2. The quantitative estimate of drug-likeness (QED) is 0.159. The van der Waals surface area contributed by atoms with Gasteiger partial charge >= 0.3 is 0 Å². The van der Waals surface area contributed by atoms with E-state index in [0.717, 1.165) is 22.3 Å². The van der Waals surface area contributed by atoms with Gasteiger partial charge in [-0.1, -0.05) is 24.3 Å². The second kappa shape index (κ2) is 12.6. The smallest absolute Gasteiger partial charge is 0.251 e. The number of nitrogens with one attached hydrogen (secondary N) is 3. The Bertz CT molecular complexity index is 1290. The minimum atomic E-state index is -0.847. The maximum absolute atomic E-state index is 12.8. The fourth-order valence-corrected chi connectivity index (χ4v) is 4.37. The predicted molar refractivity (Wildman–Crippen MR) is 149 cm³/mol. The lowest BCUT2D eigenvalue weighted by molar-refractivity contribution is -0.105. The first-order valence-electron chi connectivity index (χ1n) is 12.6. The molecular weight excluding hydrogens is 482 g/mol. The van der Waals surface area contributed by atoms with Crippen molar-refractivity contribution in [3.05, 3.63) is 88.0 Å². The van der Waals surface area contributed by atoms with E-state index < -0.39 is 6.10 Å². The van der Waals surface area contributed by atoms with Crippen LogP contribution in [-0.2, 0) is 17.6 Å². The van der Waals surface area contributed by atoms with Gasteiger partial charge in [-0.2, -0.15) is 0 Å². The lowest BCUT2D eigenvalue weighted by Gasteiger charge is -2.28. The van der Waals surface area contributed by atoms with Crippen LogP contribution in [0.2, 0.25) is 0 Å². The molecule has 3 aromatic rings. The number of anilines is 1. The van der Waals surface area contributed by atoms with Crippen LogP contribution in [0.25, 0.3) is 0 Å². The van der Waals surface area contributed by atoms with Crippen molar-refractivity contribution in [2.24, 2.45) is 0 Å². The van der Waals surface area contributed by atoms with Gasteiger partial charge in [0.25, 0.3) is 5.91 Å². The Labute approximate surface area is 223 Å². The van der Waals surface area contributed by atoms with Crippen LogP contribution in [0.15, 0.2) is 54.6 Å². The number of phenolic OH excluding ortho intramolecular Hbond substituents is 2. The molecule has 0 saturated heterocycles. The van der Waals surface area contributed by atoms with Gasteiger partial charge in [0, 0.05) is 24.2 Å². The van der Waals surface area contributed by atoms with Gasteiger partial charge in [0.05, 0.1) is 11.8 Å². The van der Waals surface area contributed by atoms with Gasteiger partial charge in [-0.05, 0) is 98.7 Å². The summed E-state index contributed by atoms with van der Waals surface area (Å²) in [6.45, 7) is 8.59. The van der Waals surface area contributed by atoms with Gasteiger partial charge in [-0.3, -0.25) is 9.59 Å². The first-order chi connectivity index (χ1) is 18.0. The summed E-state index contributed by atoms with van der Waals surface area (Å²) >= 11 is 0. The minimum Gasteiger partial charge on any atom is -0.508 e. The van der Waals surface area contributed by atoms with E-state index in [-0.39, 0.29) is 35.2 Å². The van der Waals surface area contributed by atoms with Crippen molar-refractivity contribution in [2.45, 2.75) is 52.2 Å². The van der Waals surface area contributed by atoms with Gasteiger partial charge in [0.15, 0.2) is 0 Å². The zero-order chi connectivity index (χ0) is 27.9. The minimum absolute atomic E-state index is 0.0733. The van der Waals surface area contributed by atoms with Crippen molar-refractivity contribution in [2.75, 3.05) is 18.4 Å². The summed E-state index contributed by atoms with van der Waals surface area (Å²) in [7, 11) is 0. The molecule has 202 valence electrons. The van der Waals surface area contributed by atoms with E-state index >= 15 is 0 Å². The first-order valence-corrected chi connectivity index (χ1v) is 12.6. The van der Waals surface area contributed by atoms with Crippen LogP contribution in [0, 0.1) is 13.8 Å². The molecule has 0 aliphatic rings. The Balaban J connectivity index is 1.55. The molecule has 0 spiro atoms. The molecule has 0 radical (unpaired) electrons. The number of carbonyl (C=O) groups is 2. The Morgan fingerprint density at radius 2 is 1.76 bits per heavy atom. The number of hydrogen-bond donors (Lipinski definition) is 6. The molecular formula is C30H37N3O5. The van der Waals surface area contributed by atoms with E-state index in [1.807, 2.05) is 52.0 Å². The van der Waals surface area contributed by atoms with E-state index in [2.05, 4.69) is 16.0 Å². The van der Waals surface area contributed by atoms with Gasteiger partial charge in [0.1, 0.15) is 11.5 Å². The van der Waals surface area contributed by atoms with Crippen LogP contribution in [0.3, 0.4) is 0 Å². The van der Waals surface area contributed by atoms with Crippen molar-refractivity contribution >= 4 is 18.0 Å². The zero-order valence-electron chi connectivity index (χ0n) is 22.3. The molecule has 0 aliphatic heterocycles. The molecule has 3 rings (SSSR count). The highest BCUT2D eigenvalue weighted by atomic mass is 16.3. The third kappa shape index (κ3) is 7.81. The van der Waals surface area contributed by atoms with Crippen LogP contribution in [0.5, 0.6) is 11.5 Å². The fourth-order valence-electron chi connectivity index (χ4n) is 4.37. The van der Waals surface area contributed by atoms with Crippen LogP contribution < -0.4 is 16.0 Å². The predicted octanol–water partition coefficient (Wildman–Crippen LogP) is 3.90. The third-order valence-corrected chi connectivity index (χ3v) is 6.56. The van der Waals surface area contributed by atoms with Gasteiger partial charge in [-0.15, -0.1) is 0 Å². The largest absolute Gasteiger partial charge is 0.508 e. The topological polar surface area (TPSA) is 131 Å². The number of benzene rings is 3. The number of aryl methyl sites for hydroxylation is 2. The number of phenols is 2. The maximum atomic E-state index is 12.8. The average molecular weight is 520 g/mol.